The summed E-state index contributed by atoms with van der Waals surface area (Å²) in [6.07, 6.45) is 1.82. The Hall–Kier alpha value is -1.15. The van der Waals surface area contributed by atoms with E-state index in [1.54, 1.807) is 0 Å². The van der Waals surface area contributed by atoms with Crippen LogP contribution < -0.4 is 0 Å². The quantitative estimate of drug-likeness (QED) is 0.773. The number of piperidine rings is 1. The first kappa shape index (κ1) is 11.3. The summed E-state index contributed by atoms with van der Waals surface area (Å²) in [6, 6.07) is 10.5. The first-order chi connectivity index (χ1) is 7.75. The SMILES string of the molecule is CC1CN(CCc2ccccc2)CCC1=O. The van der Waals surface area contributed by atoms with Crippen LogP contribution >= 0.6 is 0 Å². The predicted octanol–water partition coefficient (Wildman–Crippen LogP) is 2.14. The Morgan fingerprint density at radius 1 is 1.31 bits per heavy atom. The fraction of sp³-hybridized carbons (Fsp3) is 0.500. The van der Waals surface area contributed by atoms with Crippen molar-refractivity contribution in [1.29, 1.82) is 0 Å². The average Bonchev–Trinajstić information content (AvgIpc) is 2.32. The summed E-state index contributed by atoms with van der Waals surface area (Å²) in [5.74, 6) is 0.653. The average molecular weight is 217 g/mol. The molecule has 2 nitrogen and oxygen atoms in total. The first-order valence-corrected chi connectivity index (χ1v) is 6.04. The van der Waals surface area contributed by atoms with E-state index >= 15 is 0 Å². The lowest BCUT2D eigenvalue weighted by Gasteiger charge is -2.29. The molecular formula is C14H19NO. The Bertz CT molecular complexity index is 347. The highest BCUT2D eigenvalue weighted by atomic mass is 16.1. The fourth-order valence-electron chi connectivity index (χ4n) is 2.23. The second-order valence-corrected chi connectivity index (χ2v) is 4.65. The number of hydrogen-bond donors (Lipinski definition) is 0. The third-order valence-electron chi connectivity index (χ3n) is 3.32. The third-order valence-corrected chi connectivity index (χ3v) is 3.32. The maximum Gasteiger partial charge on any atom is 0.138 e. The van der Waals surface area contributed by atoms with Gasteiger partial charge in [0.05, 0.1) is 0 Å². The molecule has 0 aromatic heterocycles. The van der Waals surface area contributed by atoms with Crippen LogP contribution in [0.25, 0.3) is 0 Å². The Morgan fingerprint density at radius 3 is 2.75 bits per heavy atom. The number of likely N-dealkylation sites (tertiary alicyclic amines) is 1. The second-order valence-electron chi connectivity index (χ2n) is 4.65. The van der Waals surface area contributed by atoms with Crippen LogP contribution in [-0.4, -0.2) is 30.3 Å². The van der Waals surface area contributed by atoms with Gasteiger partial charge in [0.25, 0.3) is 0 Å². The normalized spacial score (nSPS) is 22.3. The van der Waals surface area contributed by atoms with Gasteiger partial charge in [-0.15, -0.1) is 0 Å². The number of ketones is 1. The molecule has 86 valence electrons. The van der Waals surface area contributed by atoms with Crippen LogP contribution in [0.1, 0.15) is 18.9 Å². The van der Waals surface area contributed by atoms with E-state index in [-0.39, 0.29) is 5.92 Å². The number of carbonyl (C=O) groups is 1. The van der Waals surface area contributed by atoms with Crippen molar-refractivity contribution in [2.75, 3.05) is 19.6 Å². The molecule has 0 bridgehead atoms. The standard InChI is InChI=1S/C14H19NO/c1-12-11-15(10-8-14(12)16)9-7-13-5-3-2-4-6-13/h2-6,12H,7-11H2,1H3. The van der Waals surface area contributed by atoms with E-state index in [2.05, 4.69) is 29.2 Å². The van der Waals surface area contributed by atoms with E-state index in [1.807, 2.05) is 13.0 Å². The summed E-state index contributed by atoms with van der Waals surface area (Å²) in [5.41, 5.74) is 1.38. The molecule has 0 spiro atoms. The number of benzene rings is 1. The molecule has 1 heterocycles. The summed E-state index contributed by atoms with van der Waals surface area (Å²) in [7, 11) is 0. The highest BCUT2D eigenvalue weighted by Gasteiger charge is 2.22. The third kappa shape index (κ3) is 2.92. The van der Waals surface area contributed by atoms with Gasteiger partial charge < -0.3 is 4.90 Å². The molecule has 1 fully saturated rings. The van der Waals surface area contributed by atoms with E-state index in [1.165, 1.54) is 5.56 Å². The summed E-state index contributed by atoms with van der Waals surface area (Å²) in [5, 5.41) is 0. The first-order valence-electron chi connectivity index (χ1n) is 6.04. The Labute approximate surface area is 97.3 Å². The maximum absolute atomic E-state index is 11.4. The van der Waals surface area contributed by atoms with Crippen molar-refractivity contribution in [2.24, 2.45) is 5.92 Å². The van der Waals surface area contributed by atoms with Gasteiger partial charge in [0.2, 0.25) is 0 Å². The van der Waals surface area contributed by atoms with Crippen LogP contribution in [-0.2, 0) is 11.2 Å². The summed E-state index contributed by atoms with van der Waals surface area (Å²) >= 11 is 0. The maximum atomic E-state index is 11.4. The van der Waals surface area contributed by atoms with Crippen molar-refractivity contribution in [3.63, 3.8) is 0 Å². The fourth-order valence-corrected chi connectivity index (χ4v) is 2.23. The van der Waals surface area contributed by atoms with Crippen LogP contribution in [0.4, 0.5) is 0 Å². The lowest BCUT2D eigenvalue weighted by Crippen LogP contribution is -2.40. The van der Waals surface area contributed by atoms with E-state index in [0.29, 0.717) is 5.78 Å². The van der Waals surface area contributed by atoms with E-state index < -0.39 is 0 Å². The molecule has 2 heteroatoms. The number of hydrogen-bond acceptors (Lipinski definition) is 2. The van der Waals surface area contributed by atoms with Crippen molar-refractivity contribution < 1.29 is 4.79 Å². The Balaban J connectivity index is 1.81. The predicted molar refractivity (Wildman–Crippen MR) is 65.4 cm³/mol. The zero-order valence-electron chi connectivity index (χ0n) is 9.86. The number of Topliss-reactive ketones (excluding diaryl/α,β-unsaturated/α-hetero) is 1. The molecule has 0 saturated carbocycles. The van der Waals surface area contributed by atoms with Gasteiger partial charge in [-0.05, 0) is 12.0 Å². The minimum Gasteiger partial charge on any atom is -0.302 e. The van der Waals surface area contributed by atoms with E-state index in [9.17, 15) is 4.79 Å². The largest absolute Gasteiger partial charge is 0.302 e. The summed E-state index contributed by atoms with van der Waals surface area (Å²) < 4.78 is 0. The molecule has 1 saturated heterocycles. The minimum absolute atomic E-state index is 0.226. The Kier molecular flexibility index (Phi) is 3.73. The van der Waals surface area contributed by atoms with Gasteiger partial charge in [0, 0.05) is 32.0 Å². The van der Waals surface area contributed by atoms with Crippen LogP contribution in [0, 0.1) is 5.92 Å². The molecule has 0 N–H and O–H groups in total. The van der Waals surface area contributed by atoms with Gasteiger partial charge in [-0.3, -0.25) is 4.79 Å². The molecule has 1 aromatic rings. The zero-order chi connectivity index (χ0) is 11.4. The van der Waals surface area contributed by atoms with Crippen molar-refractivity contribution in [3.8, 4) is 0 Å². The van der Waals surface area contributed by atoms with Crippen LogP contribution in [0.3, 0.4) is 0 Å². The molecule has 1 aliphatic rings. The molecule has 2 rings (SSSR count). The van der Waals surface area contributed by atoms with Crippen molar-refractivity contribution in [3.05, 3.63) is 35.9 Å². The minimum atomic E-state index is 0.226. The van der Waals surface area contributed by atoms with Crippen LogP contribution in [0.15, 0.2) is 30.3 Å². The van der Waals surface area contributed by atoms with Crippen LogP contribution in [0.5, 0.6) is 0 Å². The molecule has 1 unspecified atom stereocenters. The van der Waals surface area contributed by atoms with Gasteiger partial charge in [-0.1, -0.05) is 37.3 Å². The number of nitrogens with zero attached hydrogens (tertiary/aromatic N) is 1. The second kappa shape index (κ2) is 5.26. The van der Waals surface area contributed by atoms with Gasteiger partial charge in [0.15, 0.2) is 0 Å². The molecule has 0 radical (unpaired) electrons. The molecule has 1 atom stereocenters. The monoisotopic (exact) mass is 217 g/mol. The molecular weight excluding hydrogens is 198 g/mol. The van der Waals surface area contributed by atoms with E-state index in [4.69, 9.17) is 0 Å². The number of rotatable bonds is 3. The molecule has 0 amide bonds. The summed E-state index contributed by atoms with van der Waals surface area (Å²) in [4.78, 5) is 13.8. The lowest BCUT2D eigenvalue weighted by atomic mass is 9.98. The highest BCUT2D eigenvalue weighted by Crippen LogP contribution is 2.12. The number of carbonyl (C=O) groups excluding carboxylic acids is 1. The lowest BCUT2D eigenvalue weighted by molar-refractivity contribution is -0.125. The molecule has 16 heavy (non-hydrogen) atoms. The summed E-state index contributed by atoms with van der Waals surface area (Å²) in [6.45, 7) is 4.99. The molecule has 1 aliphatic heterocycles. The van der Waals surface area contributed by atoms with Gasteiger partial charge in [-0.25, -0.2) is 0 Å². The van der Waals surface area contributed by atoms with Crippen LogP contribution in [0.2, 0.25) is 0 Å². The highest BCUT2D eigenvalue weighted by molar-refractivity contribution is 5.81. The van der Waals surface area contributed by atoms with E-state index in [0.717, 1.165) is 32.5 Å². The molecule has 0 aliphatic carbocycles. The van der Waals surface area contributed by atoms with Gasteiger partial charge in [-0.2, -0.15) is 0 Å². The molecule has 1 aromatic carbocycles. The topological polar surface area (TPSA) is 20.3 Å². The van der Waals surface area contributed by atoms with Gasteiger partial charge >= 0.3 is 0 Å². The van der Waals surface area contributed by atoms with Gasteiger partial charge in [0.1, 0.15) is 5.78 Å². The zero-order valence-corrected chi connectivity index (χ0v) is 9.86. The van der Waals surface area contributed by atoms with Crippen molar-refractivity contribution in [2.45, 2.75) is 19.8 Å². The van der Waals surface area contributed by atoms with Crippen molar-refractivity contribution >= 4 is 5.78 Å². The smallest absolute Gasteiger partial charge is 0.138 e. The van der Waals surface area contributed by atoms with Crippen molar-refractivity contribution in [1.82, 2.24) is 4.90 Å². The Morgan fingerprint density at radius 2 is 2.06 bits per heavy atom.